The number of amides is 2. The van der Waals surface area contributed by atoms with Gasteiger partial charge >= 0.3 is 0 Å². The summed E-state index contributed by atoms with van der Waals surface area (Å²) in [7, 11) is 0. The molecule has 1 aromatic heterocycles. The van der Waals surface area contributed by atoms with E-state index in [0.29, 0.717) is 31.3 Å². The number of hydrogen-bond donors (Lipinski definition) is 0. The number of anilines is 1. The number of carbonyl (C=O) groups excluding carboxylic acids is 2. The van der Waals surface area contributed by atoms with Crippen LogP contribution in [-0.4, -0.2) is 63.8 Å². The van der Waals surface area contributed by atoms with Crippen molar-refractivity contribution in [2.75, 3.05) is 31.1 Å². The van der Waals surface area contributed by atoms with Gasteiger partial charge in [-0.3, -0.25) is 9.59 Å². The minimum Gasteiger partial charge on any atom is -0.340 e. The average Bonchev–Trinajstić information content (AvgIpc) is 2.84. The first kappa shape index (κ1) is 14.7. The van der Waals surface area contributed by atoms with Crippen LogP contribution in [0.25, 0.3) is 0 Å². The van der Waals surface area contributed by atoms with Gasteiger partial charge in [-0.15, -0.1) is 0 Å². The quantitative estimate of drug-likeness (QED) is 0.814. The van der Waals surface area contributed by atoms with E-state index in [2.05, 4.69) is 9.97 Å². The fourth-order valence-electron chi connectivity index (χ4n) is 2.87. The predicted molar refractivity (Wildman–Crippen MR) is 81.5 cm³/mol. The minimum absolute atomic E-state index is 0.0489. The molecule has 0 N–H and O–H groups in total. The molecule has 118 valence electrons. The number of rotatable bonds is 3. The van der Waals surface area contributed by atoms with Gasteiger partial charge in [0.25, 0.3) is 5.91 Å². The monoisotopic (exact) mass is 303 g/mol. The van der Waals surface area contributed by atoms with Crippen LogP contribution >= 0.6 is 0 Å². The molecule has 1 aromatic rings. The Morgan fingerprint density at radius 1 is 1.23 bits per heavy atom. The summed E-state index contributed by atoms with van der Waals surface area (Å²) in [5.41, 5.74) is 1.34. The molecule has 7 nitrogen and oxygen atoms in total. The highest BCUT2D eigenvalue weighted by Crippen LogP contribution is 2.24. The summed E-state index contributed by atoms with van der Waals surface area (Å²) in [5.74, 6) is 0.502. The topological polar surface area (TPSA) is 69.6 Å². The zero-order valence-corrected chi connectivity index (χ0v) is 13.2. The summed E-state index contributed by atoms with van der Waals surface area (Å²) in [6, 6.07) is 0.139. The summed E-state index contributed by atoms with van der Waals surface area (Å²) in [4.78, 5) is 38.6. The van der Waals surface area contributed by atoms with Crippen molar-refractivity contribution in [3.63, 3.8) is 0 Å². The molecule has 2 aliphatic rings. The summed E-state index contributed by atoms with van der Waals surface area (Å²) in [6.45, 7) is 8.87. The van der Waals surface area contributed by atoms with Crippen molar-refractivity contribution in [3.05, 3.63) is 17.5 Å². The van der Waals surface area contributed by atoms with Crippen LogP contribution in [0.2, 0.25) is 0 Å². The molecule has 0 bridgehead atoms. The summed E-state index contributed by atoms with van der Waals surface area (Å²) in [5, 5.41) is 0. The SMILES string of the molecule is CCN1CCN(c2ncc3c(n2)C(=O)N(C(C)C)C3)CC1=O. The van der Waals surface area contributed by atoms with Crippen molar-refractivity contribution in [1.29, 1.82) is 0 Å². The molecule has 0 spiro atoms. The van der Waals surface area contributed by atoms with Crippen molar-refractivity contribution in [1.82, 2.24) is 19.8 Å². The van der Waals surface area contributed by atoms with Gasteiger partial charge in [-0.2, -0.15) is 0 Å². The Kier molecular flexibility index (Phi) is 3.72. The maximum atomic E-state index is 12.4. The van der Waals surface area contributed by atoms with Crippen LogP contribution in [0.5, 0.6) is 0 Å². The van der Waals surface area contributed by atoms with Crippen LogP contribution in [0.1, 0.15) is 36.8 Å². The maximum absolute atomic E-state index is 12.4. The normalized spacial score (nSPS) is 18.5. The van der Waals surface area contributed by atoms with E-state index < -0.39 is 0 Å². The zero-order valence-electron chi connectivity index (χ0n) is 13.2. The van der Waals surface area contributed by atoms with Gasteiger partial charge in [0, 0.05) is 37.4 Å². The molecule has 1 saturated heterocycles. The van der Waals surface area contributed by atoms with E-state index in [0.717, 1.165) is 12.1 Å². The van der Waals surface area contributed by atoms with Gasteiger partial charge < -0.3 is 14.7 Å². The number of carbonyl (C=O) groups is 2. The van der Waals surface area contributed by atoms with Crippen molar-refractivity contribution in [2.24, 2.45) is 0 Å². The number of likely N-dealkylation sites (N-methyl/N-ethyl adjacent to an activating group) is 1. The third-order valence-corrected chi connectivity index (χ3v) is 4.26. The maximum Gasteiger partial charge on any atom is 0.273 e. The van der Waals surface area contributed by atoms with Crippen LogP contribution in [0.15, 0.2) is 6.20 Å². The Morgan fingerprint density at radius 3 is 2.64 bits per heavy atom. The molecule has 1 fully saturated rings. The van der Waals surface area contributed by atoms with Crippen LogP contribution in [-0.2, 0) is 11.3 Å². The van der Waals surface area contributed by atoms with Gasteiger partial charge in [-0.05, 0) is 20.8 Å². The van der Waals surface area contributed by atoms with E-state index in [1.165, 1.54) is 0 Å². The molecule has 0 aromatic carbocycles. The molecule has 22 heavy (non-hydrogen) atoms. The van der Waals surface area contributed by atoms with Gasteiger partial charge in [-0.1, -0.05) is 0 Å². The fourth-order valence-corrected chi connectivity index (χ4v) is 2.87. The average molecular weight is 303 g/mol. The first-order chi connectivity index (χ1) is 10.5. The summed E-state index contributed by atoms with van der Waals surface area (Å²) >= 11 is 0. The molecule has 2 amide bonds. The molecule has 7 heteroatoms. The van der Waals surface area contributed by atoms with E-state index in [1.54, 1.807) is 11.1 Å². The van der Waals surface area contributed by atoms with E-state index >= 15 is 0 Å². The highest BCUT2D eigenvalue weighted by molar-refractivity contribution is 5.96. The molecule has 0 saturated carbocycles. The van der Waals surface area contributed by atoms with Gasteiger partial charge in [-0.25, -0.2) is 9.97 Å². The van der Waals surface area contributed by atoms with E-state index in [9.17, 15) is 9.59 Å². The lowest BCUT2D eigenvalue weighted by atomic mass is 10.2. The third-order valence-electron chi connectivity index (χ3n) is 4.26. The van der Waals surface area contributed by atoms with Crippen LogP contribution < -0.4 is 4.90 Å². The van der Waals surface area contributed by atoms with Gasteiger partial charge in [0.1, 0.15) is 5.69 Å². The lowest BCUT2D eigenvalue weighted by Gasteiger charge is -2.33. The summed E-state index contributed by atoms with van der Waals surface area (Å²) in [6.07, 6.45) is 1.72. The van der Waals surface area contributed by atoms with E-state index in [1.807, 2.05) is 30.6 Å². The van der Waals surface area contributed by atoms with E-state index in [-0.39, 0.29) is 24.4 Å². The van der Waals surface area contributed by atoms with Crippen LogP contribution in [0.3, 0.4) is 0 Å². The first-order valence-corrected chi connectivity index (χ1v) is 7.71. The Balaban J connectivity index is 1.81. The highest BCUT2D eigenvalue weighted by Gasteiger charge is 2.32. The van der Waals surface area contributed by atoms with Crippen molar-refractivity contribution >= 4 is 17.8 Å². The summed E-state index contributed by atoms with van der Waals surface area (Å²) < 4.78 is 0. The Bertz CT molecular complexity index is 616. The van der Waals surface area contributed by atoms with Crippen LogP contribution in [0.4, 0.5) is 5.95 Å². The molecule has 0 atom stereocenters. The zero-order chi connectivity index (χ0) is 15.9. The number of aromatic nitrogens is 2. The number of hydrogen-bond acceptors (Lipinski definition) is 5. The lowest BCUT2D eigenvalue weighted by molar-refractivity contribution is -0.130. The first-order valence-electron chi connectivity index (χ1n) is 7.71. The fraction of sp³-hybridized carbons (Fsp3) is 0.600. The van der Waals surface area contributed by atoms with Gasteiger partial charge in [0.15, 0.2) is 0 Å². The number of nitrogens with zero attached hydrogens (tertiary/aromatic N) is 5. The standard InChI is InChI=1S/C15H21N5O2/c1-4-18-5-6-19(9-12(18)21)15-16-7-11-8-20(10(2)3)14(22)13(11)17-15/h7,10H,4-6,8-9H2,1-3H3. The molecule has 0 radical (unpaired) electrons. The minimum atomic E-state index is -0.0489. The molecule has 0 unspecified atom stereocenters. The van der Waals surface area contributed by atoms with E-state index in [4.69, 9.17) is 0 Å². The van der Waals surface area contributed by atoms with Gasteiger partial charge in [0.05, 0.1) is 13.1 Å². The Labute approximate surface area is 129 Å². The van der Waals surface area contributed by atoms with Crippen molar-refractivity contribution < 1.29 is 9.59 Å². The van der Waals surface area contributed by atoms with Crippen molar-refractivity contribution in [2.45, 2.75) is 33.4 Å². The molecule has 3 rings (SSSR count). The molecular weight excluding hydrogens is 282 g/mol. The number of fused-ring (bicyclic) bond motifs is 1. The van der Waals surface area contributed by atoms with Crippen LogP contribution in [0, 0.1) is 0 Å². The number of piperazine rings is 1. The second-order valence-electron chi connectivity index (χ2n) is 5.97. The second-order valence-corrected chi connectivity index (χ2v) is 5.97. The molecule has 0 aliphatic carbocycles. The molecule has 3 heterocycles. The van der Waals surface area contributed by atoms with Gasteiger partial charge in [0.2, 0.25) is 11.9 Å². The molecular formula is C15H21N5O2. The highest BCUT2D eigenvalue weighted by atomic mass is 16.2. The second kappa shape index (κ2) is 5.55. The predicted octanol–water partition coefficient (Wildman–Crippen LogP) is 0.509. The molecule has 2 aliphatic heterocycles. The Hall–Kier alpha value is -2.18. The smallest absolute Gasteiger partial charge is 0.273 e. The lowest BCUT2D eigenvalue weighted by Crippen LogP contribution is -2.50. The third kappa shape index (κ3) is 2.40. The van der Waals surface area contributed by atoms with Crippen molar-refractivity contribution in [3.8, 4) is 0 Å². The Morgan fingerprint density at radius 2 is 2.00 bits per heavy atom. The largest absolute Gasteiger partial charge is 0.340 e.